The molecule has 146 valence electrons. The number of rotatable bonds is 2. The molecule has 0 radical (unpaired) electrons. The molecule has 2 aromatic rings. The van der Waals surface area contributed by atoms with Crippen molar-refractivity contribution in [3.05, 3.63) is 60.7 Å². The van der Waals surface area contributed by atoms with E-state index in [1.54, 1.807) is 24.3 Å². The summed E-state index contributed by atoms with van der Waals surface area (Å²) in [7, 11) is 0. The first kappa shape index (κ1) is 19.9. The molecule has 0 unspecified atom stereocenters. The quantitative estimate of drug-likeness (QED) is 0.461. The predicted molar refractivity (Wildman–Crippen MR) is 97.0 cm³/mol. The van der Waals surface area contributed by atoms with E-state index in [2.05, 4.69) is 15.0 Å². The molecule has 0 atom stereocenters. The van der Waals surface area contributed by atoms with Crippen LogP contribution in [0, 0.1) is 0 Å². The summed E-state index contributed by atoms with van der Waals surface area (Å²) in [5, 5.41) is -1.46. The Kier molecular flexibility index (Phi) is 5.45. The highest BCUT2D eigenvalue weighted by Gasteiger charge is 2.41. The van der Waals surface area contributed by atoms with E-state index in [4.69, 9.17) is 0 Å². The van der Waals surface area contributed by atoms with Gasteiger partial charge >= 0.3 is 12.6 Å². The minimum absolute atomic E-state index is 0.150. The summed E-state index contributed by atoms with van der Waals surface area (Å²) in [6.07, 6.45) is -9.98. The maximum atomic E-state index is 12.9. The summed E-state index contributed by atoms with van der Waals surface area (Å²) in [5.74, 6) is -0.400. The molecular formula is C17H10F6N4S. The normalized spacial score (nSPS) is 19.8. The van der Waals surface area contributed by atoms with E-state index >= 15 is 0 Å². The minimum Gasteiger partial charge on any atom is -0.271 e. The van der Waals surface area contributed by atoms with Gasteiger partial charge in [-0.3, -0.25) is 4.90 Å². The van der Waals surface area contributed by atoms with E-state index in [9.17, 15) is 26.3 Å². The van der Waals surface area contributed by atoms with Gasteiger partial charge in [0.05, 0.1) is 5.69 Å². The Morgan fingerprint density at radius 1 is 0.714 bits per heavy atom. The number of anilines is 1. The number of hydrogen-bond donors (Lipinski definition) is 0. The van der Waals surface area contributed by atoms with E-state index in [1.165, 1.54) is 36.4 Å². The summed E-state index contributed by atoms with van der Waals surface area (Å²) in [6.45, 7) is 0. The van der Waals surface area contributed by atoms with E-state index in [0.717, 1.165) is 4.90 Å². The molecule has 1 aliphatic rings. The van der Waals surface area contributed by atoms with Crippen LogP contribution in [0.4, 0.5) is 37.7 Å². The molecule has 0 aliphatic carbocycles. The van der Waals surface area contributed by atoms with Gasteiger partial charge in [-0.15, -0.1) is 26.3 Å². The zero-order chi connectivity index (χ0) is 20.4. The third-order valence-electron chi connectivity index (χ3n) is 3.24. The van der Waals surface area contributed by atoms with Gasteiger partial charge in [0, 0.05) is 5.69 Å². The van der Waals surface area contributed by atoms with Crippen LogP contribution in [0.15, 0.2) is 75.6 Å². The number of aliphatic imine (C=N–C) groups is 3. The fraction of sp³-hybridized carbons (Fsp3) is 0.118. The summed E-state index contributed by atoms with van der Waals surface area (Å²) in [4.78, 5) is 10.2. The molecule has 0 amide bonds. The van der Waals surface area contributed by atoms with Crippen molar-refractivity contribution in [2.24, 2.45) is 15.0 Å². The Hall–Kier alpha value is -2.82. The van der Waals surface area contributed by atoms with Crippen LogP contribution in [0.3, 0.4) is 0 Å². The Labute approximate surface area is 159 Å². The number of nitrogens with zero attached hydrogens (tertiary/aromatic N) is 4. The second-order valence-electron chi connectivity index (χ2n) is 5.29. The van der Waals surface area contributed by atoms with Crippen LogP contribution in [0.1, 0.15) is 0 Å². The Morgan fingerprint density at radius 3 is 1.79 bits per heavy atom. The number of thioether (sulfide) groups is 1. The third-order valence-corrected chi connectivity index (χ3v) is 4.16. The van der Waals surface area contributed by atoms with E-state index in [-0.39, 0.29) is 23.1 Å². The van der Waals surface area contributed by atoms with E-state index in [0.29, 0.717) is 0 Å². The average molecular weight is 416 g/mol. The number of hydrogen-bond acceptors (Lipinski definition) is 4. The van der Waals surface area contributed by atoms with E-state index < -0.39 is 28.6 Å². The van der Waals surface area contributed by atoms with Gasteiger partial charge in [-0.2, -0.15) is 9.98 Å². The van der Waals surface area contributed by atoms with Gasteiger partial charge < -0.3 is 0 Å². The first-order valence-corrected chi connectivity index (χ1v) is 8.44. The highest BCUT2D eigenvalue weighted by atomic mass is 32.2. The Morgan fingerprint density at radius 2 is 1.25 bits per heavy atom. The van der Waals surface area contributed by atoms with Crippen molar-refractivity contribution in [1.29, 1.82) is 0 Å². The lowest BCUT2D eigenvalue weighted by atomic mass is 10.3. The molecule has 1 fully saturated rings. The van der Waals surface area contributed by atoms with Crippen molar-refractivity contribution >= 4 is 39.2 Å². The predicted octanol–water partition coefficient (Wildman–Crippen LogP) is 5.76. The minimum atomic E-state index is -4.99. The molecule has 28 heavy (non-hydrogen) atoms. The van der Waals surface area contributed by atoms with Gasteiger partial charge in [0.15, 0.2) is 16.0 Å². The molecule has 2 aromatic carbocycles. The number of para-hydroxylation sites is 2. The largest absolute Gasteiger partial charge is 0.505 e. The lowest BCUT2D eigenvalue weighted by Crippen LogP contribution is -2.32. The van der Waals surface area contributed by atoms with Crippen LogP contribution in [0.5, 0.6) is 0 Å². The molecule has 0 bridgehead atoms. The van der Waals surface area contributed by atoms with Crippen molar-refractivity contribution in [2.45, 2.75) is 12.6 Å². The second-order valence-corrected chi connectivity index (χ2v) is 6.25. The van der Waals surface area contributed by atoms with Crippen molar-refractivity contribution in [1.82, 2.24) is 0 Å². The lowest BCUT2D eigenvalue weighted by molar-refractivity contribution is -0.120. The number of benzene rings is 2. The highest BCUT2D eigenvalue weighted by molar-refractivity contribution is 8.29. The number of halogens is 6. The monoisotopic (exact) mass is 416 g/mol. The Bertz CT molecular complexity index is 920. The lowest BCUT2D eigenvalue weighted by Gasteiger charge is -2.18. The maximum Gasteiger partial charge on any atom is 0.505 e. The maximum absolute atomic E-state index is 12.9. The van der Waals surface area contributed by atoms with Crippen LogP contribution in [0.25, 0.3) is 0 Å². The first-order valence-electron chi connectivity index (χ1n) is 7.63. The van der Waals surface area contributed by atoms with Gasteiger partial charge in [0.25, 0.3) is 0 Å². The zero-order valence-corrected chi connectivity index (χ0v) is 14.6. The number of alkyl halides is 6. The molecule has 4 nitrogen and oxygen atoms in total. The van der Waals surface area contributed by atoms with Crippen LogP contribution in [0.2, 0.25) is 0 Å². The van der Waals surface area contributed by atoms with Crippen LogP contribution in [-0.2, 0) is 0 Å². The second kappa shape index (κ2) is 7.66. The molecular weight excluding hydrogens is 406 g/mol. The fourth-order valence-corrected chi connectivity index (χ4v) is 3.25. The van der Waals surface area contributed by atoms with Gasteiger partial charge in [0.2, 0.25) is 0 Å². The molecule has 11 heteroatoms. The van der Waals surface area contributed by atoms with Crippen LogP contribution >= 0.6 is 11.8 Å². The van der Waals surface area contributed by atoms with Crippen LogP contribution in [-0.4, -0.2) is 28.6 Å². The summed E-state index contributed by atoms with van der Waals surface area (Å²) in [5.41, 5.74) is 0.419. The summed E-state index contributed by atoms with van der Waals surface area (Å²) >= 11 is 0.150. The molecule has 0 spiro atoms. The van der Waals surface area contributed by atoms with Gasteiger partial charge in [-0.05, 0) is 36.0 Å². The smallest absolute Gasteiger partial charge is 0.271 e. The third kappa shape index (κ3) is 5.12. The summed E-state index contributed by atoms with van der Waals surface area (Å²) < 4.78 is 77.3. The van der Waals surface area contributed by atoms with Crippen molar-refractivity contribution in [3.8, 4) is 0 Å². The van der Waals surface area contributed by atoms with Crippen LogP contribution < -0.4 is 4.90 Å². The number of amidine groups is 2. The molecule has 3 rings (SSSR count). The van der Waals surface area contributed by atoms with Gasteiger partial charge in [0.1, 0.15) is 0 Å². The molecule has 0 saturated carbocycles. The van der Waals surface area contributed by atoms with Gasteiger partial charge in [-0.25, -0.2) is 4.99 Å². The fourth-order valence-electron chi connectivity index (χ4n) is 2.27. The molecule has 1 heterocycles. The first-order chi connectivity index (χ1) is 13.1. The Balaban J connectivity index is 2.22. The van der Waals surface area contributed by atoms with Crippen molar-refractivity contribution < 1.29 is 26.3 Å². The SMILES string of the molecule is FC(F)(F)N=C1SC(=NC(F)(F)F)N(c2ccccc2)C1=Nc1ccccc1. The zero-order valence-electron chi connectivity index (χ0n) is 13.7. The molecule has 0 N–H and O–H groups in total. The van der Waals surface area contributed by atoms with E-state index in [1.807, 2.05) is 0 Å². The van der Waals surface area contributed by atoms with Crippen molar-refractivity contribution in [3.63, 3.8) is 0 Å². The van der Waals surface area contributed by atoms with Gasteiger partial charge in [-0.1, -0.05) is 36.4 Å². The standard InChI is InChI=1S/C17H10F6N4S/c18-16(19,20)25-14-13(24-11-7-3-1-4-8-11)27(12-9-5-2-6-10-12)15(28-14)26-17(21,22)23/h1-10H. The summed E-state index contributed by atoms with van der Waals surface area (Å²) in [6, 6.07) is 15.4. The molecule has 0 aromatic heterocycles. The average Bonchev–Trinajstić information content (AvgIpc) is 2.89. The van der Waals surface area contributed by atoms with Crippen molar-refractivity contribution in [2.75, 3.05) is 4.90 Å². The molecule has 1 aliphatic heterocycles. The highest BCUT2D eigenvalue weighted by Crippen LogP contribution is 2.35. The topological polar surface area (TPSA) is 40.3 Å². The molecule has 1 saturated heterocycles.